The number of nitrogens with zero attached hydrogens (tertiary/aromatic N) is 3. The maximum Gasteiger partial charge on any atom is 0.261 e. The molecule has 1 heterocycles. The fourth-order valence-electron chi connectivity index (χ4n) is 3.71. The topological polar surface area (TPSA) is 147 Å². The summed E-state index contributed by atoms with van der Waals surface area (Å²) < 4.78 is 34.6. The van der Waals surface area contributed by atoms with Crippen LogP contribution in [0.25, 0.3) is 11.4 Å². The highest BCUT2D eigenvalue weighted by molar-refractivity contribution is 7.92. The number of hydrogen-bond donors (Lipinski definition) is 3. The van der Waals surface area contributed by atoms with Crippen molar-refractivity contribution < 1.29 is 23.1 Å². The Hall–Kier alpha value is -4.25. The molecule has 0 radical (unpaired) electrons. The third-order valence-electron chi connectivity index (χ3n) is 5.44. The second-order valence-electron chi connectivity index (χ2n) is 8.10. The van der Waals surface area contributed by atoms with Crippen molar-refractivity contribution in [3.63, 3.8) is 0 Å². The first-order valence-corrected chi connectivity index (χ1v) is 12.7. The fraction of sp³-hybridized carbons (Fsp3) is 0.200. The second-order valence-corrected chi connectivity index (χ2v) is 9.78. The second kappa shape index (κ2) is 10.6. The van der Waals surface area contributed by atoms with Gasteiger partial charge in [0.15, 0.2) is 5.78 Å². The number of ketones is 1. The lowest BCUT2D eigenvalue weighted by atomic mass is 10.0. The molecule has 0 saturated carbocycles. The van der Waals surface area contributed by atoms with E-state index in [1.54, 1.807) is 42.5 Å². The van der Waals surface area contributed by atoms with Crippen molar-refractivity contribution in [3.8, 4) is 22.9 Å². The van der Waals surface area contributed by atoms with E-state index in [2.05, 4.69) is 25.3 Å². The third kappa shape index (κ3) is 5.52. The van der Waals surface area contributed by atoms with Gasteiger partial charge in [0, 0.05) is 16.8 Å². The summed E-state index contributed by atoms with van der Waals surface area (Å²) in [6.45, 7) is 3.43. The standard InChI is InChI=1S/C25H25N5O5S/c1-3-6-22-23(12-11-21(16(2)31)24(22)32)35-15-17-7-4-10-20(13-17)36(33,34)28-19-9-5-8-18(14-19)25-26-29-30-27-25/h4-5,7-14,28,32H,3,6,15H2,1-2H3,(H,26,27,29,30). The van der Waals surface area contributed by atoms with Crippen molar-refractivity contribution in [2.45, 2.75) is 38.2 Å². The van der Waals surface area contributed by atoms with Crippen LogP contribution >= 0.6 is 0 Å². The van der Waals surface area contributed by atoms with Gasteiger partial charge in [0.05, 0.1) is 10.5 Å². The predicted octanol–water partition coefficient (Wildman–Crippen LogP) is 4.11. The molecule has 11 heteroatoms. The van der Waals surface area contributed by atoms with Gasteiger partial charge in [0.1, 0.15) is 18.1 Å². The number of aromatic hydroxyl groups is 1. The Morgan fingerprint density at radius 1 is 1.11 bits per heavy atom. The number of aromatic nitrogens is 4. The highest BCUT2D eigenvalue weighted by atomic mass is 32.2. The zero-order valence-corrected chi connectivity index (χ0v) is 20.5. The van der Waals surface area contributed by atoms with Gasteiger partial charge >= 0.3 is 0 Å². The first-order valence-electron chi connectivity index (χ1n) is 11.2. The zero-order chi connectivity index (χ0) is 25.7. The monoisotopic (exact) mass is 507 g/mol. The highest BCUT2D eigenvalue weighted by Gasteiger charge is 2.18. The van der Waals surface area contributed by atoms with Crippen LogP contribution in [0.5, 0.6) is 11.5 Å². The van der Waals surface area contributed by atoms with Crippen molar-refractivity contribution in [1.82, 2.24) is 20.6 Å². The molecule has 4 aromatic rings. The first-order chi connectivity index (χ1) is 17.3. The van der Waals surface area contributed by atoms with Crippen LogP contribution in [0, 0.1) is 0 Å². The van der Waals surface area contributed by atoms with Crippen LogP contribution < -0.4 is 9.46 Å². The fourth-order valence-corrected chi connectivity index (χ4v) is 4.83. The number of nitrogens with one attached hydrogen (secondary N) is 2. The van der Waals surface area contributed by atoms with E-state index < -0.39 is 10.0 Å². The van der Waals surface area contributed by atoms with E-state index in [0.717, 1.165) is 6.42 Å². The molecule has 0 bridgehead atoms. The van der Waals surface area contributed by atoms with Crippen LogP contribution in [0.2, 0.25) is 0 Å². The number of ether oxygens (including phenoxy) is 1. The molecule has 1 aromatic heterocycles. The van der Waals surface area contributed by atoms with Gasteiger partial charge < -0.3 is 9.84 Å². The predicted molar refractivity (Wildman–Crippen MR) is 133 cm³/mol. The molecule has 0 fully saturated rings. The van der Waals surface area contributed by atoms with Gasteiger partial charge in [-0.3, -0.25) is 9.52 Å². The molecule has 186 valence electrons. The summed E-state index contributed by atoms with van der Waals surface area (Å²) in [5, 5.41) is 24.2. The normalized spacial score (nSPS) is 11.3. The Bertz CT molecular complexity index is 1490. The number of Topliss-reactive ketones (excluding diaryl/α,β-unsaturated/α-hetero) is 1. The molecule has 0 aliphatic rings. The van der Waals surface area contributed by atoms with E-state index in [0.29, 0.717) is 40.4 Å². The molecule has 10 nitrogen and oxygen atoms in total. The van der Waals surface area contributed by atoms with Crippen LogP contribution in [0.15, 0.2) is 65.6 Å². The SMILES string of the molecule is CCCc1c(OCc2cccc(S(=O)(=O)Nc3cccc(-c4nn[nH]n4)c3)c2)ccc(C(C)=O)c1O. The molecule has 4 rings (SSSR count). The minimum Gasteiger partial charge on any atom is -0.507 e. The molecule has 0 aliphatic carbocycles. The summed E-state index contributed by atoms with van der Waals surface area (Å²) in [4.78, 5) is 11.8. The van der Waals surface area contributed by atoms with Gasteiger partial charge in [-0.1, -0.05) is 37.6 Å². The molecule has 0 aliphatic heterocycles. The number of phenols is 1. The lowest BCUT2D eigenvalue weighted by Crippen LogP contribution is -2.13. The first kappa shape index (κ1) is 24.9. The van der Waals surface area contributed by atoms with E-state index in [1.165, 1.54) is 25.1 Å². The van der Waals surface area contributed by atoms with Gasteiger partial charge in [0.2, 0.25) is 5.82 Å². The number of sulfonamides is 1. The number of hydrogen-bond acceptors (Lipinski definition) is 8. The molecule has 0 saturated heterocycles. The van der Waals surface area contributed by atoms with E-state index >= 15 is 0 Å². The van der Waals surface area contributed by atoms with Crippen molar-refractivity contribution in [2.24, 2.45) is 0 Å². The minimum atomic E-state index is -3.89. The number of carbonyl (C=O) groups is 1. The molecule has 0 unspecified atom stereocenters. The molecule has 3 aromatic carbocycles. The lowest BCUT2D eigenvalue weighted by molar-refractivity contribution is 0.101. The van der Waals surface area contributed by atoms with Gasteiger partial charge in [-0.15, -0.1) is 10.2 Å². The number of benzene rings is 3. The number of phenolic OH excluding ortho intramolecular Hbond substituents is 1. The summed E-state index contributed by atoms with van der Waals surface area (Å²) in [6.07, 6.45) is 1.28. The number of anilines is 1. The van der Waals surface area contributed by atoms with E-state index in [9.17, 15) is 18.3 Å². The van der Waals surface area contributed by atoms with Crippen LogP contribution in [0.4, 0.5) is 5.69 Å². The molecule has 36 heavy (non-hydrogen) atoms. The number of aromatic amines is 1. The highest BCUT2D eigenvalue weighted by Crippen LogP contribution is 2.33. The number of tetrazole rings is 1. The Balaban J connectivity index is 1.52. The van der Waals surface area contributed by atoms with Gasteiger partial charge in [-0.2, -0.15) is 5.21 Å². The van der Waals surface area contributed by atoms with Crippen LogP contribution in [-0.4, -0.2) is 39.9 Å². The summed E-state index contributed by atoms with van der Waals surface area (Å²) in [7, 11) is -3.89. The quantitative estimate of drug-likeness (QED) is 0.272. The molecule has 0 amide bonds. The van der Waals surface area contributed by atoms with Crippen LogP contribution in [-0.2, 0) is 23.1 Å². The average molecular weight is 508 g/mol. The van der Waals surface area contributed by atoms with Crippen molar-refractivity contribution >= 4 is 21.5 Å². The van der Waals surface area contributed by atoms with Crippen LogP contribution in [0.1, 0.15) is 41.8 Å². The summed E-state index contributed by atoms with van der Waals surface area (Å²) >= 11 is 0. The summed E-state index contributed by atoms with van der Waals surface area (Å²) in [6, 6.07) is 16.2. The third-order valence-corrected chi connectivity index (χ3v) is 6.82. The Morgan fingerprint density at radius 3 is 2.64 bits per heavy atom. The Morgan fingerprint density at radius 2 is 1.92 bits per heavy atom. The number of carbonyl (C=O) groups excluding carboxylic acids is 1. The van der Waals surface area contributed by atoms with Gasteiger partial charge in [-0.25, -0.2) is 8.42 Å². The van der Waals surface area contributed by atoms with E-state index in [4.69, 9.17) is 4.74 Å². The smallest absolute Gasteiger partial charge is 0.261 e. The van der Waals surface area contributed by atoms with Crippen molar-refractivity contribution in [3.05, 3.63) is 77.4 Å². The van der Waals surface area contributed by atoms with Gasteiger partial charge in [0.25, 0.3) is 10.0 Å². The molecule has 3 N–H and O–H groups in total. The summed E-state index contributed by atoms with van der Waals surface area (Å²) in [5.74, 6) is 0.485. The Kier molecular flexibility index (Phi) is 7.30. The van der Waals surface area contributed by atoms with E-state index in [-0.39, 0.29) is 28.6 Å². The largest absolute Gasteiger partial charge is 0.507 e. The van der Waals surface area contributed by atoms with Gasteiger partial charge in [-0.05, 0) is 60.5 Å². The van der Waals surface area contributed by atoms with Crippen molar-refractivity contribution in [1.29, 1.82) is 0 Å². The van der Waals surface area contributed by atoms with E-state index in [1.807, 2.05) is 6.92 Å². The maximum absolute atomic E-state index is 13.0. The van der Waals surface area contributed by atoms with Crippen molar-refractivity contribution in [2.75, 3.05) is 4.72 Å². The minimum absolute atomic E-state index is 0.0668. The molecule has 0 spiro atoms. The maximum atomic E-state index is 13.0. The zero-order valence-electron chi connectivity index (χ0n) is 19.7. The number of H-pyrrole nitrogens is 1. The summed E-state index contributed by atoms with van der Waals surface area (Å²) in [5.41, 5.74) is 2.37. The molecular formula is C25H25N5O5S. The average Bonchev–Trinajstić information content (AvgIpc) is 3.40. The lowest BCUT2D eigenvalue weighted by Gasteiger charge is -2.15. The van der Waals surface area contributed by atoms with Crippen LogP contribution in [0.3, 0.4) is 0 Å². The Labute approximate surface area is 208 Å². The molecule has 0 atom stereocenters. The molecular weight excluding hydrogens is 482 g/mol. The number of rotatable bonds is 10.